The van der Waals surface area contributed by atoms with Crippen LogP contribution in [0.2, 0.25) is 0 Å². The number of halogens is 3. The molecular weight excluding hydrogens is 285 g/mol. The van der Waals surface area contributed by atoms with E-state index in [1.54, 1.807) is 19.9 Å². The summed E-state index contributed by atoms with van der Waals surface area (Å²) in [5.41, 5.74) is 1.42. The van der Waals surface area contributed by atoms with E-state index in [1.165, 1.54) is 25.3 Å². The van der Waals surface area contributed by atoms with Crippen LogP contribution in [-0.2, 0) is 4.79 Å². The highest BCUT2D eigenvalue weighted by Gasteiger charge is 2.52. The second-order valence-electron chi connectivity index (χ2n) is 5.61. The summed E-state index contributed by atoms with van der Waals surface area (Å²) in [7, 11) is 1.39. The molecule has 1 heterocycles. The maximum atomic E-state index is 13.5. The molecule has 1 amide bonds. The number of nitrogens with one attached hydrogen (secondary N) is 1. The normalized spacial score (nSPS) is 20.2. The van der Waals surface area contributed by atoms with Gasteiger partial charge in [0.05, 0.1) is 7.11 Å². The summed E-state index contributed by atoms with van der Waals surface area (Å²) in [6, 6.07) is 3.86. The molecule has 1 aliphatic heterocycles. The van der Waals surface area contributed by atoms with Crippen molar-refractivity contribution in [2.45, 2.75) is 38.0 Å². The molecule has 2 rings (SSSR count). The highest BCUT2D eigenvalue weighted by molar-refractivity contribution is 5.79. The molecular formula is C14H17F3N2O2. The van der Waals surface area contributed by atoms with Gasteiger partial charge in [-0.2, -0.15) is 18.2 Å². The molecule has 1 N–H and O–H groups in total. The third-order valence-electron chi connectivity index (χ3n) is 3.47. The first kappa shape index (κ1) is 15.6. The molecule has 0 spiro atoms. The number of amides is 1. The van der Waals surface area contributed by atoms with E-state index in [4.69, 9.17) is 4.74 Å². The molecule has 1 atom stereocenters. The third kappa shape index (κ3) is 3.12. The predicted molar refractivity (Wildman–Crippen MR) is 70.5 cm³/mol. The van der Waals surface area contributed by atoms with Gasteiger partial charge in [-0.25, -0.2) is 0 Å². The number of methoxy groups -OCH3 is 1. The number of carbonyl (C=O) groups excluding carboxylic acids is 1. The number of ether oxygens (including phenoxy) is 1. The smallest absolute Gasteiger partial charge is 0.409 e. The van der Waals surface area contributed by atoms with Gasteiger partial charge in [0.25, 0.3) is 0 Å². The van der Waals surface area contributed by atoms with Crippen LogP contribution in [0.4, 0.5) is 13.2 Å². The maximum Gasteiger partial charge on any atom is 0.409 e. The molecule has 0 aliphatic carbocycles. The largest absolute Gasteiger partial charge is 0.497 e. The van der Waals surface area contributed by atoms with Gasteiger partial charge in [-0.3, -0.25) is 10.2 Å². The van der Waals surface area contributed by atoms with Crippen LogP contribution in [0, 0.1) is 0 Å². The van der Waals surface area contributed by atoms with E-state index in [-0.39, 0.29) is 12.0 Å². The first-order chi connectivity index (χ1) is 9.65. The van der Waals surface area contributed by atoms with Crippen molar-refractivity contribution in [3.63, 3.8) is 0 Å². The van der Waals surface area contributed by atoms with Crippen molar-refractivity contribution in [3.8, 4) is 5.75 Å². The molecule has 1 aromatic carbocycles. The van der Waals surface area contributed by atoms with Gasteiger partial charge >= 0.3 is 6.18 Å². The van der Waals surface area contributed by atoms with Gasteiger partial charge in [-0.15, -0.1) is 0 Å². The van der Waals surface area contributed by atoms with Crippen LogP contribution in [0.5, 0.6) is 5.75 Å². The number of benzene rings is 1. The van der Waals surface area contributed by atoms with Crippen molar-refractivity contribution in [1.82, 2.24) is 10.4 Å². The van der Waals surface area contributed by atoms with Gasteiger partial charge in [0.15, 0.2) is 6.04 Å². The van der Waals surface area contributed by atoms with Crippen molar-refractivity contribution in [1.29, 1.82) is 0 Å². The fraction of sp³-hybridized carbons (Fsp3) is 0.500. The van der Waals surface area contributed by atoms with E-state index >= 15 is 0 Å². The second kappa shape index (κ2) is 5.22. The molecule has 1 fully saturated rings. The minimum atomic E-state index is -4.53. The Balaban J connectivity index is 2.47. The summed E-state index contributed by atoms with van der Waals surface area (Å²) < 4.78 is 45.6. The average Bonchev–Trinajstić information content (AvgIpc) is 2.61. The molecule has 1 aromatic rings. The highest BCUT2D eigenvalue weighted by Crippen LogP contribution is 2.43. The SMILES string of the molecule is COc1cccc([C@H](N2NC(=O)CC2(C)C)C(F)(F)F)c1. The first-order valence-electron chi connectivity index (χ1n) is 6.44. The fourth-order valence-electron chi connectivity index (χ4n) is 2.51. The van der Waals surface area contributed by atoms with Crippen molar-refractivity contribution in [3.05, 3.63) is 29.8 Å². The average molecular weight is 302 g/mol. The number of hydrogen-bond acceptors (Lipinski definition) is 3. The lowest BCUT2D eigenvalue weighted by Crippen LogP contribution is -2.51. The zero-order chi connectivity index (χ0) is 15.8. The maximum absolute atomic E-state index is 13.5. The molecule has 1 aliphatic rings. The van der Waals surface area contributed by atoms with E-state index < -0.39 is 23.7 Å². The molecule has 4 nitrogen and oxygen atoms in total. The molecule has 7 heteroatoms. The van der Waals surface area contributed by atoms with Crippen molar-refractivity contribution < 1.29 is 22.7 Å². The molecule has 21 heavy (non-hydrogen) atoms. The van der Waals surface area contributed by atoms with Gasteiger partial charge in [0.1, 0.15) is 5.75 Å². The molecule has 0 radical (unpaired) electrons. The lowest BCUT2D eigenvalue weighted by atomic mass is 9.97. The standard InChI is InChI=1S/C14H17F3N2O2/c1-13(2)8-11(20)18-19(13)12(14(15,16)17)9-5-4-6-10(7-9)21-3/h4-7,12H,8H2,1-3H3,(H,18,20)/t12-/m0/s1. The zero-order valence-electron chi connectivity index (χ0n) is 12.0. The monoisotopic (exact) mass is 302 g/mol. The van der Waals surface area contributed by atoms with Gasteiger partial charge in [-0.05, 0) is 31.5 Å². The minimum absolute atomic E-state index is 0.0174. The Bertz CT molecular complexity index is 543. The predicted octanol–water partition coefficient (Wildman–Crippen LogP) is 2.81. The van der Waals surface area contributed by atoms with E-state index in [9.17, 15) is 18.0 Å². The lowest BCUT2D eigenvalue weighted by Gasteiger charge is -2.37. The number of alkyl halides is 3. The van der Waals surface area contributed by atoms with E-state index in [0.717, 1.165) is 5.01 Å². The number of hydrazine groups is 1. The van der Waals surface area contributed by atoms with Crippen LogP contribution in [0.1, 0.15) is 31.9 Å². The van der Waals surface area contributed by atoms with Crippen LogP contribution in [0.25, 0.3) is 0 Å². The molecule has 1 saturated heterocycles. The van der Waals surface area contributed by atoms with Crippen LogP contribution in [-0.4, -0.2) is 29.7 Å². The number of hydrogen-bond donors (Lipinski definition) is 1. The summed E-state index contributed by atoms with van der Waals surface area (Å²) in [5.74, 6) is -0.0813. The lowest BCUT2D eigenvalue weighted by molar-refractivity contribution is -0.203. The van der Waals surface area contributed by atoms with Crippen LogP contribution >= 0.6 is 0 Å². The van der Waals surface area contributed by atoms with Gasteiger partial charge < -0.3 is 4.74 Å². The van der Waals surface area contributed by atoms with Crippen LogP contribution in [0.15, 0.2) is 24.3 Å². The van der Waals surface area contributed by atoms with Crippen molar-refractivity contribution in [2.24, 2.45) is 0 Å². The third-order valence-corrected chi connectivity index (χ3v) is 3.47. The topological polar surface area (TPSA) is 41.6 Å². The van der Waals surface area contributed by atoms with Gasteiger partial charge in [0, 0.05) is 12.0 Å². The summed E-state index contributed by atoms with van der Waals surface area (Å²) in [5, 5.41) is 0.976. The van der Waals surface area contributed by atoms with Crippen LogP contribution < -0.4 is 10.2 Å². The van der Waals surface area contributed by atoms with E-state index in [2.05, 4.69) is 5.43 Å². The Morgan fingerprint density at radius 3 is 2.52 bits per heavy atom. The number of rotatable bonds is 3. The Labute approximate surface area is 120 Å². The summed E-state index contributed by atoms with van der Waals surface area (Å²) in [6.45, 7) is 3.20. The number of nitrogens with zero attached hydrogens (tertiary/aromatic N) is 1. The quantitative estimate of drug-likeness (QED) is 0.933. The first-order valence-corrected chi connectivity index (χ1v) is 6.44. The zero-order valence-corrected chi connectivity index (χ0v) is 12.0. The summed E-state index contributed by atoms with van der Waals surface area (Å²) in [6.07, 6.45) is -4.51. The van der Waals surface area contributed by atoms with Crippen molar-refractivity contribution >= 4 is 5.91 Å². The van der Waals surface area contributed by atoms with E-state index in [0.29, 0.717) is 5.75 Å². The Hall–Kier alpha value is -1.76. The molecule has 116 valence electrons. The Morgan fingerprint density at radius 2 is 2.05 bits per heavy atom. The van der Waals surface area contributed by atoms with Crippen molar-refractivity contribution in [2.75, 3.05) is 7.11 Å². The van der Waals surface area contributed by atoms with Gasteiger partial charge in [0.2, 0.25) is 5.91 Å². The molecule has 0 unspecified atom stereocenters. The Kier molecular flexibility index (Phi) is 3.88. The molecule has 0 bridgehead atoms. The summed E-state index contributed by atoms with van der Waals surface area (Å²) in [4.78, 5) is 11.5. The fourth-order valence-corrected chi connectivity index (χ4v) is 2.51. The minimum Gasteiger partial charge on any atom is -0.497 e. The van der Waals surface area contributed by atoms with E-state index in [1.807, 2.05) is 0 Å². The molecule has 0 aromatic heterocycles. The Morgan fingerprint density at radius 1 is 1.38 bits per heavy atom. The summed E-state index contributed by atoms with van der Waals surface area (Å²) >= 11 is 0. The second-order valence-corrected chi connectivity index (χ2v) is 5.61. The van der Waals surface area contributed by atoms with Crippen LogP contribution in [0.3, 0.4) is 0 Å². The molecule has 0 saturated carbocycles. The highest BCUT2D eigenvalue weighted by atomic mass is 19.4. The van der Waals surface area contributed by atoms with Gasteiger partial charge in [-0.1, -0.05) is 12.1 Å². The number of carbonyl (C=O) groups is 1.